The van der Waals surface area contributed by atoms with Gasteiger partial charge in [0, 0.05) is 17.0 Å². The van der Waals surface area contributed by atoms with Crippen LogP contribution in [0.2, 0.25) is 0 Å². The van der Waals surface area contributed by atoms with Crippen molar-refractivity contribution in [2.45, 2.75) is 4.90 Å². The van der Waals surface area contributed by atoms with E-state index in [0.29, 0.717) is 0 Å². The first-order chi connectivity index (χ1) is 7.79. The molecule has 0 aromatic heterocycles. The second-order valence-electron chi connectivity index (χ2n) is 3.29. The predicted molar refractivity (Wildman–Crippen MR) is 64.0 cm³/mol. The van der Waals surface area contributed by atoms with Crippen LogP contribution in [-0.2, 0) is 10.0 Å². The molecule has 1 rings (SSSR count). The van der Waals surface area contributed by atoms with Crippen LogP contribution in [0, 0.1) is 5.82 Å². The molecule has 0 aliphatic carbocycles. The van der Waals surface area contributed by atoms with Crippen LogP contribution in [0.5, 0.6) is 0 Å². The molecule has 0 bridgehead atoms. The molecule has 0 saturated carbocycles. The Morgan fingerprint density at radius 1 is 1.47 bits per heavy atom. The first-order valence-corrected chi connectivity index (χ1v) is 6.73. The zero-order chi connectivity index (χ0) is 13.1. The second-order valence-corrected chi connectivity index (χ2v) is 5.50. The molecule has 8 heteroatoms. The third kappa shape index (κ3) is 4.72. The van der Waals surface area contributed by atoms with Gasteiger partial charge in [-0.05, 0) is 18.2 Å². The molecule has 1 aromatic carbocycles. The minimum atomic E-state index is -3.61. The SMILES string of the molecule is NS(=O)(=O)CCNC(=O)c1ccc(F)c(S)c1. The Bertz CT molecular complexity index is 531. The fourth-order valence-corrected chi connectivity index (χ4v) is 1.66. The van der Waals surface area contributed by atoms with Crippen molar-refractivity contribution in [1.82, 2.24) is 5.32 Å². The number of carbonyl (C=O) groups is 1. The summed E-state index contributed by atoms with van der Waals surface area (Å²) in [6.45, 7) is -0.100. The summed E-state index contributed by atoms with van der Waals surface area (Å²) < 4.78 is 34.1. The molecule has 0 heterocycles. The van der Waals surface area contributed by atoms with Gasteiger partial charge < -0.3 is 5.32 Å². The summed E-state index contributed by atoms with van der Waals surface area (Å²) in [7, 11) is -3.61. The Labute approximate surface area is 104 Å². The molecule has 3 N–H and O–H groups in total. The number of benzene rings is 1. The number of amides is 1. The van der Waals surface area contributed by atoms with E-state index in [-0.39, 0.29) is 22.8 Å². The lowest BCUT2D eigenvalue weighted by Gasteiger charge is -2.05. The van der Waals surface area contributed by atoms with E-state index in [1.165, 1.54) is 12.1 Å². The number of carbonyl (C=O) groups excluding carboxylic acids is 1. The third-order valence-corrected chi connectivity index (χ3v) is 3.00. The standard InChI is InChI=1S/C9H11FN2O3S2/c10-7-2-1-6(5-8(7)16)9(13)12-3-4-17(11,14)15/h1-2,5,16H,3-4H2,(H,12,13)(H2,11,14,15). The number of hydrogen-bond acceptors (Lipinski definition) is 4. The Morgan fingerprint density at radius 3 is 2.65 bits per heavy atom. The number of sulfonamides is 1. The molecule has 17 heavy (non-hydrogen) atoms. The molecule has 0 fully saturated rings. The van der Waals surface area contributed by atoms with E-state index in [0.717, 1.165) is 6.07 Å². The molecule has 1 aromatic rings. The average molecular weight is 278 g/mol. The molecule has 1 amide bonds. The predicted octanol–water partition coefficient (Wildman–Crippen LogP) is 0.133. The van der Waals surface area contributed by atoms with Crippen molar-refractivity contribution >= 4 is 28.6 Å². The molecular weight excluding hydrogens is 267 g/mol. The number of nitrogens with one attached hydrogen (secondary N) is 1. The largest absolute Gasteiger partial charge is 0.351 e. The minimum Gasteiger partial charge on any atom is -0.351 e. The van der Waals surface area contributed by atoms with Gasteiger partial charge in [-0.3, -0.25) is 4.79 Å². The van der Waals surface area contributed by atoms with Crippen molar-refractivity contribution in [3.8, 4) is 0 Å². The maximum absolute atomic E-state index is 12.9. The summed E-state index contributed by atoms with van der Waals surface area (Å²) in [5.74, 6) is -1.40. The van der Waals surface area contributed by atoms with E-state index >= 15 is 0 Å². The molecule has 0 atom stereocenters. The van der Waals surface area contributed by atoms with Crippen LogP contribution in [0.3, 0.4) is 0 Å². The Hall–Kier alpha value is -1.12. The summed E-state index contributed by atoms with van der Waals surface area (Å²) >= 11 is 3.83. The quantitative estimate of drug-likeness (QED) is 0.684. The zero-order valence-corrected chi connectivity index (χ0v) is 10.4. The van der Waals surface area contributed by atoms with Gasteiger partial charge >= 0.3 is 0 Å². The number of primary sulfonamides is 1. The highest BCUT2D eigenvalue weighted by Crippen LogP contribution is 2.13. The van der Waals surface area contributed by atoms with Crippen LogP contribution in [0.25, 0.3) is 0 Å². The van der Waals surface area contributed by atoms with E-state index in [4.69, 9.17) is 5.14 Å². The average Bonchev–Trinajstić information content (AvgIpc) is 2.20. The van der Waals surface area contributed by atoms with Gasteiger partial charge in [-0.1, -0.05) is 0 Å². The number of hydrogen-bond donors (Lipinski definition) is 3. The molecule has 0 aliphatic rings. The van der Waals surface area contributed by atoms with E-state index in [9.17, 15) is 17.6 Å². The number of nitrogens with two attached hydrogens (primary N) is 1. The van der Waals surface area contributed by atoms with Gasteiger partial charge in [0.15, 0.2) is 0 Å². The van der Waals surface area contributed by atoms with E-state index in [1.807, 2.05) is 0 Å². The normalized spacial score (nSPS) is 11.2. The fraction of sp³-hybridized carbons (Fsp3) is 0.222. The molecule has 5 nitrogen and oxygen atoms in total. The zero-order valence-electron chi connectivity index (χ0n) is 8.68. The smallest absolute Gasteiger partial charge is 0.251 e. The summed E-state index contributed by atoms with van der Waals surface area (Å²) in [4.78, 5) is 11.5. The molecule has 94 valence electrons. The maximum atomic E-state index is 12.9. The summed E-state index contributed by atoms with van der Waals surface area (Å²) in [6.07, 6.45) is 0. The second kappa shape index (κ2) is 5.48. The van der Waals surface area contributed by atoms with Crippen molar-refractivity contribution in [1.29, 1.82) is 0 Å². The maximum Gasteiger partial charge on any atom is 0.251 e. The van der Waals surface area contributed by atoms with Crippen LogP contribution in [0.1, 0.15) is 10.4 Å². The number of thiol groups is 1. The van der Waals surface area contributed by atoms with Crippen molar-refractivity contribution in [3.05, 3.63) is 29.6 Å². The third-order valence-electron chi connectivity index (χ3n) is 1.88. The van der Waals surface area contributed by atoms with Crippen LogP contribution >= 0.6 is 12.6 Å². The van der Waals surface area contributed by atoms with Crippen molar-refractivity contribution < 1.29 is 17.6 Å². The Balaban J connectivity index is 2.61. The van der Waals surface area contributed by atoms with Gasteiger partial charge in [0.05, 0.1) is 5.75 Å². The van der Waals surface area contributed by atoms with E-state index in [1.54, 1.807) is 0 Å². The Morgan fingerprint density at radius 2 is 2.12 bits per heavy atom. The lowest BCUT2D eigenvalue weighted by molar-refractivity contribution is 0.0956. The van der Waals surface area contributed by atoms with Crippen molar-refractivity contribution in [2.24, 2.45) is 5.14 Å². The van der Waals surface area contributed by atoms with Crippen LogP contribution in [-0.4, -0.2) is 26.6 Å². The highest BCUT2D eigenvalue weighted by molar-refractivity contribution is 7.89. The topological polar surface area (TPSA) is 89.3 Å². The Kier molecular flexibility index (Phi) is 4.49. The van der Waals surface area contributed by atoms with Crippen LogP contribution < -0.4 is 10.5 Å². The van der Waals surface area contributed by atoms with Gasteiger partial charge in [0.2, 0.25) is 10.0 Å². The van der Waals surface area contributed by atoms with Gasteiger partial charge in [-0.2, -0.15) is 0 Å². The van der Waals surface area contributed by atoms with Gasteiger partial charge in [0.25, 0.3) is 5.91 Å². The van der Waals surface area contributed by atoms with Gasteiger partial charge in [0.1, 0.15) is 5.82 Å². The number of rotatable bonds is 4. The van der Waals surface area contributed by atoms with Gasteiger partial charge in [-0.15, -0.1) is 12.6 Å². The van der Waals surface area contributed by atoms with Crippen molar-refractivity contribution in [2.75, 3.05) is 12.3 Å². The lowest BCUT2D eigenvalue weighted by Crippen LogP contribution is -2.31. The highest BCUT2D eigenvalue weighted by atomic mass is 32.2. The fourth-order valence-electron chi connectivity index (χ4n) is 1.06. The van der Waals surface area contributed by atoms with Gasteiger partial charge in [-0.25, -0.2) is 17.9 Å². The molecule has 0 spiro atoms. The first kappa shape index (κ1) is 13.9. The van der Waals surface area contributed by atoms with E-state index < -0.39 is 21.7 Å². The monoisotopic (exact) mass is 278 g/mol. The van der Waals surface area contributed by atoms with E-state index in [2.05, 4.69) is 17.9 Å². The van der Waals surface area contributed by atoms with Crippen LogP contribution in [0.4, 0.5) is 4.39 Å². The molecular formula is C9H11FN2O3S2. The van der Waals surface area contributed by atoms with Crippen molar-refractivity contribution in [3.63, 3.8) is 0 Å². The van der Waals surface area contributed by atoms with Crippen LogP contribution in [0.15, 0.2) is 23.1 Å². The minimum absolute atomic E-state index is 0.0455. The summed E-state index contributed by atoms with van der Waals surface area (Å²) in [5, 5.41) is 7.11. The lowest BCUT2D eigenvalue weighted by atomic mass is 10.2. The number of halogens is 1. The summed E-state index contributed by atoms with van der Waals surface area (Å²) in [5.41, 5.74) is 0.200. The molecule has 0 unspecified atom stereocenters. The first-order valence-electron chi connectivity index (χ1n) is 4.57. The molecule has 0 saturated heterocycles. The molecule has 0 aliphatic heterocycles. The summed E-state index contributed by atoms with van der Waals surface area (Å²) in [6, 6.07) is 3.64. The molecule has 0 radical (unpaired) electrons. The highest BCUT2D eigenvalue weighted by Gasteiger charge is 2.09.